The summed E-state index contributed by atoms with van der Waals surface area (Å²) in [6, 6.07) is 7.30. The fourth-order valence-electron chi connectivity index (χ4n) is 3.88. The Hall–Kier alpha value is -2.57. The van der Waals surface area contributed by atoms with Gasteiger partial charge in [0.2, 0.25) is 0 Å². The number of amides is 1. The number of carbonyl (C=O) groups excluding carboxylic acids is 3. The summed E-state index contributed by atoms with van der Waals surface area (Å²) in [6.45, 7) is 2.84. The Morgan fingerprint density at radius 3 is 1.74 bits per heavy atom. The van der Waals surface area contributed by atoms with Crippen LogP contribution < -0.4 is 10.6 Å². The molecule has 1 aromatic rings. The lowest BCUT2D eigenvalue weighted by Gasteiger charge is -2.08. The van der Waals surface area contributed by atoms with Crippen molar-refractivity contribution in [3.63, 3.8) is 0 Å². The van der Waals surface area contributed by atoms with Crippen molar-refractivity contribution in [2.24, 2.45) is 0 Å². The number of benzene rings is 1. The van der Waals surface area contributed by atoms with Crippen LogP contribution in [0.4, 0.5) is 5.69 Å². The van der Waals surface area contributed by atoms with Crippen LogP contribution in [0, 0.1) is 0 Å². The third kappa shape index (κ3) is 16.7. The molecular formula is C28H46N2O5. The maximum atomic E-state index is 12.0. The van der Waals surface area contributed by atoms with Crippen molar-refractivity contribution in [1.82, 2.24) is 5.32 Å². The highest BCUT2D eigenvalue weighted by Gasteiger charge is 2.08. The molecule has 0 heterocycles. The minimum Gasteiger partial charge on any atom is -0.469 e. The average molecular weight is 491 g/mol. The second kappa shape index (κ2) is 20.8. The zero-order valence-corrected chi connectivity index (χ0v) is 21.9. The second-order valence-electron chi connectivity index (χ2n) is 8.91. The highest BCUT2D eigenvalue weighted by atomic mass is 16.5. The Bertz CT molecular complexity index is 706. The van der Waals surface area contributed by atoms with Crippen LogP contribution >= 0.6 is 0 Å². The fourth-order valence-corrected chi connectivity index (χ4v) is 3.88. The van der Waals surface area contributed by atoms with E-state index in [0.717, 1.165) is 31.5 Å². The molecule has 0 aliphatic rings. The summed E-state index contributed by atoms with van der Waals surface area (Å²) in [6.07, 6.45) is 16.7. The second-order valence-corrected chi connectivity index (χ2v) is 8.91. The first-order chi connectivity index (χ1) is 17.1. The zero-order valence-electron chi connectivity index (χ0n) is 21.9. The van der Waals surface area contributed by atoms with Gasteiger partial charge in [0.15, 0.2) is 0 Å². The number of anilines is 1. The minimum atomic E-state index is -0.434. The van der Waals surface area contributed by atoms with Crippen molar-refractivity contribution in [2.45, 2.75) is 96.8 Å². The topological polar surface area (TPSA) is 93.7 Å². The predicted octanol–water partition coefficient (Wildman–Crippen LogP) is 6.03. The van der Waals surface area contributed by atoms with Gasteiger partial charge in [0.25, 0.3) is 5.91 Å². The molecule has 1 amide bonds. The SMILES string of the molecule is CCOC(=O)CNC(=O)c1ccc(NCCCCCCCCCCCCCCCC(=O)OC)cc1. The monoisotopic (exact) mass is 490 g/mol. The van der Waals surface area contributed by atoms with Crippen LogP contribution in [0.2, 0.25) is 0 Å². The van der Waals surface area contributed by atoms with E-state index in [9.17, 15) is 14.4 Å². The lowest BCUT2D eigenvalue weighted by Crippen LogP contribution is -2.30. The highest BCUT2D eigenvalue weighted by molar-refractivity contribution is 5.96. The van der Waals surface area contributed by atoms with Crippen LogP contribution in [0.15, 0.2) is 24.3 Å². The summed E-state index contributed by atoms with van der Waals surface area (Å²) in [5.74, 6) is -0.808. The van der Waals surface area contributed by atoms with E-state index in [-0.39, 0.29) is 18.4 Å². The predicted molar refractivity (Wildman–Crippen MR) is 141 cm³/mol. The minimum absolute atomic E-state index is 0.0932. The van der Waals surface area contributed by atoms with E-state index in [1.165, 1.54) is 71.3 Å². The normalized spacial score (nSPS) is 10.6. The molecule has 0 aromatic heterocycles. The first-order valence-electron chi connectivity index (χ1n) is 13.4. The Morgan fingerprint density at radius 2 is 1.23 bits per heavy atom. The quantitative estimate of drug-likeness (QED) is 0.161. The molecule has 7 heteroatoms. The van der Waals surface area contributed by atoms with Crippen molar-refractivity contribution in [1.29, 1.82) is 0 Å². The Labute approximate surface area is 211 Å². The zero-order chi connectivity index (χ0) is 25.6. The molecule has 0 bridgehead atoms. The number of nitrogens with one attached hydrogen (secondary N) is 2. The molecule has 0 saturated heterocycles. The van der Waals surface area contributed by atoms with E-state index in [4.69, 9.17) is 4.74 Å². The maximum absolute atomic E-state index is 12.0. The number of rotatable bonds is 21. The maximum Gasteiger partial charge on any atom is 0.325 e. The van der Waals surface area contributed by atoms with Crippen molar-refractivity contribution >= 4 is 23.5 Å². The van der Waals surface area contributed by atoms with E-state index < -0.39 is 5.97 Å². The molecule has 7 nitrogen and oxygen atoms in total. The Balaban J connectivity index is 1.92. The molecule has 0 radical (unpaired) electrons. The summed E-state index contributed by atoms with van der Waals surface area (Å²) in [5.41, 5.74) is 1.52. The van der Waals surface area contributed by atoms with E-state index in [1.807, 2.05) is 12.1 Å². The molecule has 35 heavy (non-hydrogen) atoms. The van der Waals surface area contributed by atoms with Gasteiger partial charge in [-0.1, -0.05) is 70.6 Å². The first kappa shape index (κ1) is 30.5. The van der Waals surface area contributed by atoms with Crippen LogP contribution in [0.25, 0.3) is 0 Å². The molecule has 0 atom stereocenters. The molecule has 0 aliphatic heterocycles. The summed E-state index contributed by atoms with van der Waals surface area (Å²) < 4.78 is 9.45. The van der Waals surface area contributed by atoms with Crippen LogP contribution in [0.3, 0.4) is 0 Å². The third-order valence-corrected chi connectivity index (χ3v) is 5.96. The third-order valence-electron chi connectivity index (χ3n) is 5.96. The van der Waals surface area contributed by atoms with E-state index in [0.29, 0.717) is 18.6 Å². The largest absolute Gasteiger partial charge is 0.469 e. The summed E-state index contributed by atoms with van der Waals surface area (Å²) >= 11 is 0. The smallest absolute Gasteiger partial charge is 0.325 e. The summed E-state index contributed by atoms with van der Waals surface area (Å²) in [4.78, 5) is 34.4. The van der Waals surface area contributed by atoms with Crippen LogP contribution in [-0.4, -0.2) is 44.7 Å². The molecule has 198 valence electrons. The van der Waals surface area contributed by atoms with Crippen molar-refractivity contribution < 1.29 is 23.9 Å². The Morgan fingerprint density at radius 1 is 0.714 bits per heavy atom. The van der Waals surface area contributed by atoms with Crippen LogP contribution in [-0.2, 0) is 19.1 Å². The van der Waals surface area contributed by atoms with Gasteiger partial charge in [-0.05, 0) is 44.0 Å². The molecule has 1 rings (SSSR count). The van der Waals surface area contributed by atoms with Gasteiger partial charge in [-0.3, -0.25) is 14.4 Å². The van der Waals surface area contributed by atoms with Gasteiger partial charge in [0.1, 0.15) is 6.54 Å². The van der Waals surface area contributed by atoms with E-state index in [1.54, 1.807) is 19.1 Å². The number of ether oxygens (including phenoxy) is 2. The number of methoxy groups -OCH3 is 1. The lowest BCUT2D eigenvalue weighted by molar-refractivity contribution is -0.142. The molecule has 0 spiro atoms. The molecular weight excluding hydrogens is 444 g/mol. The Kier molecular flexibility index (Phi) is 18.1. The number of unbranched alkanes of at least 4 members (excludes halogenated alkanes) is 12. The van der Waals surface area contributed by atoms with E-state index in [2.05, 4.69) is 15.4 Å². The van der Waals surface area contributed by atoms with Crippen LogP contribution in [0.1, 0.15) is 107 Å². The van der Waals surface area contributed by atoms with Gasteiger partial charge in [-0.15, -0.1) is 0 Å². The standard InChI is InChI=1S/C28H46N2O5/c1-3-35-27(32)23-30-28(33)24-18-20-25(21-19-24)29-22-16-14-12-10-8-6-4-5-7-9-11-13-15-17-26(31)34-2/h18-21,29H,3-17,22-23H2,1-2H3,(H,30,33). The molecule has 0 unspecified atom stereocenters. The summed E-state index contributed by atoms with van der Waals surface area (Å²) in [5, 5.41) is 5.96. The molecule has 2 N–H and O–H groups in total. The van der Waals surface area contributed by atoms with Gasteiger partial charge in [0, 0.05) is 24.2 Å². The van der Waals surface area contributed by atoms with E-state index >= 15 is 0 Å². The first-order valence-corrected chi connectivity index (χ1v) is 13.4. The molecule has 0 saturated carbocycles. The van der Waals surface area contributed by atoms with Crippen LogP contribution in [0.5, 0.6) is 0 Å². The number of esters is 2. The van der Waals surface area contributed by atoms with Crippen molar-refractivity contribution in [2.75, 3.05) is 32.1 Å². The lowest BCUT2D eigenvalue weighted by atomic mass is 10.0. The summed E-state index contributed by atoms with van der Waals surface area (Å²) in [7, 11) is 1.45. The number of hydrogen-bond acceptors (Lipinski definition) is 6. The number of hydrogen-bond donors (Lipinski definition) is 2. The van der Waals surface area contributed by atoms with Crippen molar-refractivity contribution in [3.8, 4) is 0 Å². The van der Waals surface area contributed by atoms with Gasteiger partial charge >= 0.3 is 11.9 Å². The number of carbonyl (C=O) groups is 3. The molecule has 1 aromatic carbocycles. The van der Waals surface area contributed by atoms with Gasteiger partial charge < -0.3 is 20.1 Å². The average Bonchev–Trinajstić information content (AvgIpc) is 2.87. The van der Waals surface area contributed by atoms with Crippen molar-refractivity contribution in [3.05, 3.63) is 29.8 Å². The fraction of sp³-hybridized carbons (Fsp3) is 0.679. The molecule has 0 aliphatic carbocycles. The van der Waals surface area contributed by atoms with Gasteiger partial charge in [0.05, 0.1) is 13.7 Å². The molecule has 0 fully saturated rings. The van der Waals surface area contributed by atoms with Gasteiger partial charge in [-0.2, -0.15) is 0 Å². The van der Waals surface area contributed by atoms with Gasteiger partial charge in [-0.25, -0.2) is 0 Å². The highest BCUT2D eigenvalue weighted by Crippen LogP contribution is 2.14.